The number of hydrogen-bond acceptors (Lipinski definition) is 3. The molecule has 1 aromatic rings. The highest BCUT2D eigenvalue weighted by molar-refractivity contribution is 7.93. The van der Waals surface area contributed by atoms with Crippen molar-refractivity contribution in [3.63, 3.8) is 0 Å². The molecule has 0 spiro atoms. The van der Waals surface area contributed by atoms with Gasteiger partial charge in [-0.15, -0.1) is 0 Å². The molecule has 4 nitrogen and oxygen atoms in total. The Labute approximate surface area is 109 Å². The molecule has 18 heavy (non-hydrogen) atoms. The van der Waals surface area contributed by atoms with E-state index in [-0.39, 0.29) is 5.25 Å². The number of nitrogens with one attached hydrogen (secondary N) is 1. The summed E-state index contributed by atoms with van der Waals surface area (Å²) in [6.07, 6.45) is 0.692. The van der Waals surface area contributed by atoms with Crippen LogP contribution < -0.4 is 9.62 Å². The molecule has 1 aliphatic rings. The highest BCUT2D eigenvalue weighted by Crippen LogP contribution is 2.25. The van der Waals surface area contributed by atoms with Crippen LogP contribution in [-0.2, 0) is 10.0 Å². The van der Waals surface area contributed by atoms with E-state index in [0.29, 0.717) is 13.0 Å². The molecule has 0 saturated carbocycles. The van der Waals surface area contributed by atoms with E-state index in [4.69, 9.17) is 0 Å². The van der Waals surface area contributed by atoms with Crippen molar-refractivity contribution in [1.29, 1.82) is 0 Å². The van der Waals surface area contributed by atoms with Gasteiger partial charge in [-0.25, -0.2) is 8.42 Å². The van der Waals surface area contributed by atoms with Gasteiger partial charge in [-0.05, 0) is 38.4 Å². The van der Waals surface area contributed by atoms with Gasteiger partial charge in [0.15, 0.2) is 0 Å². The molecule has 5 heteroatoms. The Balaban J connectivity index is 2.32. The second kappa shape index (κ2) is 4.90. The first-order chi connectivity index (χ1) is 8.43. The largest absolute Gasteiger partial charge is 0.315 e. The molecular weight excluding hydrogens is 248 g/mol. The number of rotatable bonds is 3. The zero-order valence-electron chi connectivity index (χ0n) is 11.1. The monoisotopic (exact) mass is 268 g/mol. The zero-order valence-corrected chi connectivity index (χ0v) is 11.9. The van der Waals surface area contributed by atoms with Crippen LogP contribution in [0.15, 0.2) is 18.2 Å². The molecule has 0 bridgehead atoms. The highest BCUT2D eigenvalue weighted by atomic mass is 32.2. The third kappa shape index (κ3) is 2.37. The van der Waals surface area contributed by atoms with Crippen LogP contribution >= 0.6 is 0 Å². The van der Waals surface area contributed by atoms with Gasteiger partial charge in [-0.3, -0.25) is 4.31 Å². The van der Waals surface area contributed by atoms with E-state index in [0.717, 1.165) is 23.4 Å². The molecule has 100 valence electrons. The molecule has 1 heterocycles. The molecule has 1 atom stereocenters. The molecule has 0 aromatic heterocycles. The molecule has 0 radical (unpaired) electrons. The second-order valence-corrected chi connectivity index (χ2v) is 7.16. The molecule has 2 rings (SSSR count). The predicted molar refractivity (Wildman–Crippen MR) is 74.5 cm³/mol. The van der Waals surface area contributed by atoms with Crippen molar-refractivity contribution < 1.29 is 8.42 Å². The van der Waals surface area contributed by atoms with Gasteiger partial charge >= 0.3 is 0 Å². The number of benzene rings is 1. The lowest BCUT2D eigenvalue weighted by atomic mass is 10.1. The molecule has 1 N–H and O–H groups in total. The lowest BCUT2D eigenvalue weighted by Gasteiger charge is -2.24. The topological polar surface area (TPSA) is 49.4 Å². The summed E-state index contributed by atoms with van der Waals surface area (Å²) in [5.74, 6) is 0. The van der Waals surface area contributed by atoms with E-state index in [1.807, 2.05) is 32.0 Å². The average Bonchev–Trinajstić information content (AvgIpc) is 2.82. The number of nitrogens with zero attached hydrogens (tertiary/aromatic N) is 1. The van der Waals surface area contributed by atoms with Crippen molar-refractivity contribution in [3.8, 4) is 0 Å². The van der Waals surface area contributed by atoms with Gasteiger partial charge in [-0.2, -0.15) is 0 Å². The average molecular weight is 268 g/mol. The maximum atomic E-state index is 12.5. The Bertz CT molecular complexity index is 534. The normalized spacial score (nSPS) is 20.1. The van der Waals surface area contributed by atoms with Crippen LogP contribution in [0.4, 0.5) is 5.69 Å². The van der Waals surface area contributed by atoms with Crippen LogP contribution in [0.3, 0.4) is 0 Å². The Hall–Kier alpha value is -1.07. The van der Waals surface area contributed by atoms with E-state index < -0.39 is 10.0 Å². The van der Waals surface area contributed by atoms with E-state index >= 15 is 0 Å². The van der Waals surface area contributed by atoms with Gasteiger partial charge < -0.3 is 5.32 Å². The van der Waals surface area contributed by atoms with Crippen molar-refractivity contribution in [2.45, 2.75) is 25.5 Å². The van der Waals surface area contributed by atoms with Crippen LogP contribution in [-0.4, -0.2) is 33.8 Å². The Morgan fingerprint density at radius 2 is 2.06 bits per heavy atom. The molecule has 0 aliphatic carbocycles. The van der Waals surface area contributed by atoms with E-state index in [1.165, 1.54) is 4.31 Å². The summed E-state index contributed by atoms with van der Waals surface area (Å²) in [5.41, 5.74) is 2.91. The van der Waals surface area contributed by atoms with Gasteiger partial charge in [-0.1, -0.05) is 17.7 Å². The first-order valence-electron chi connectivity index (χ1n) is 6.18. The third-order valence-electron chi connectivity index (χ3n) is 3.51. The fraction of sp³-hybridized carbons (Fsp3) is 0.538. The van der Waals surface area contributed by atoms with Gasteiger partial charge in [0, 0.05) is 13.6 Å². The summed E-state index contributed by atoms with van der Waals surface area (Å²) in [6, 6.07) is 5.83. The summed E-state index contributed by atoms with van der Waals surface area (Å²) >= 11 is 0. The molecule has 1 fully saturated rings. The summed E-state index contributed by atoms with van der Waals surface area (Å²) in [7, 11) is -1.61. The van der Waals surface area contributed by atoms with Crippen LogP contribution in [0.25, 0.3) is 0 Å². The van der Waals surface area contributed by atoms with E-state index in [1.54, 1.807) is 7.05 Å². The number of aryl methyl sites for hydroxylation is 2. The minimum Gasteiger partial charge on any atom is -0.315 e. The summed E-state index contributed by atoms with van der Waals surface area (Å²) in [5, 5.41) is 2.80. The first kappa shape index (κ1) is 13.4. The fourth-order valence-electron chi connectivity index (χ4n) is 2.40. The Kier molecular flexibility index (Phi) is 3.64. The second-order valence-electron chi connectivity index (χ2n) is 4.92. The first-order valence-corrected chi connectivity index (χ1v) is 7.69. The number of sulfonamides is 1. The maximum absolute atomic E-state index is 12.5. The lowest BCUT2D eigenvalue weighted by molar-refractivity contribution is 0.581. The minimum atomic E-state index is -3.26. The van der Waals surface area contributed by atoms with Crippen molar-refractivity contribution >= 4 is 15.7 Å². The SMILES string of the molecule is Cc1ccc(N(C)S(=O)(=O)C2CCNC2)c(C)c1. The van der Waals surface area contributed by atoms with Crippen molar-refractivity contribution in [1.82, 2.24) is 5.32 Å². The van der Waals surface area contributed by atoms with Crippen molar-refractivity contribution in [2.75, 3.05) is 24.4 Å². The molecule has 1 unspecified atom stereocenters. The highest BCUT2D eigenvalue weighted by Gasteiger charge is 2.32. The third-order valence-corrected chi connectivity index (χ3v) is 5.71. The van der Waals surface area contributed by atoms with Crippen LogP contribution in [0.2, 0.25) is 0 Å². The quantitative estimate of drug-likeness (QED) is 0.902. The van der Waals surface area contributed by atoms with E-state index in [2.05, 4.69) is 5.32 Å². The van der Waals surface area contributed by atoms with Crippen LogP contribution in [0.5, 0.6) is 0 Å². The lowest BCUT2D eigenvalue weighted by Crippen LogP contribution is -2.37. The van der Waals surface area contributed by atoms with Crippen molar-refractivity contribution in [2.24, 2.45) is 0 Å². The minimum absolute atomic E-state index is 0.303. The smallest absolute Gasteiger partial charge is 0.239 e. The predicted octanol–water partition coefficient (Wildman–Crippen LogP) is 1.43. The fourth-order valence-corrected chi connectivity index (χ4v) is 4.07. The van der Waals surface area contributed by atoms with Gasteiger partial charge in [0.25, 0.3) is 0 Å². The summed E-state index contributed by atoms with van der Waals surface area (Å²) in [6.45, 7) is 5.29. The number of anilines is 1. The number of hydrogen-bond donors (Lipinski definition) is 1. The zero-order chi connectivity index (χ0) is 13.3. The van der Waals surface area contributed by atoms with E-state index in [9.17, 15) is 8.42 Å². The van der Waals surface area contributed by atoms with Crippen LogP contribution in [0, 0.1) is 13.8 Å². The molecule has 1 saturated heterocycles. The standard InChI is InChI=1S/C13H20N2O2S/c1-10-4-5-13(11(2)8-10)15(3)18(16,17)12-6-7-14-9-12/h4-5,8,12,14H,6-7,9H2,1-3H3. The van der Waals surface area contributed by atoms with Crippen LogP contribution in [0.1, 0.15) is 17.5 Å². The summed E-state index contributed by atoms with van der Waals surface area (Å²) in [4.78, 5) is 0. The van der Waals surface area contributed by atoms with Crippen molar-refractivity contribution in [3.05, 3.63) is 29.3 Å². The summed E-state index contributed by atoms with van der Waals surface area (Å²) < 4.78 is 26.3. The molecule has 1 aromatic carbocycles. The molecule has 1 aliphatic heterocycles. The van der Waals surface area contributed by atoms with Gasteiger partial charge in [0.05, 0.1) is 10.9 Å². The van der Waals surface area contributed by atoms with Gasteiger partial charge in [0.1, 0.15) is 0 Å². The molecule has 0 amide bonds. The Morgan fingerprint density at radius 3 is 2.61 bits per heavy atom. The Morgan fingerprint density at radius 1 is 1.33 bits per heavy atom. The van der Waals surface area contributed by atoms with Gasteiger partial charge in [0.2, 0.25) is 10.0 Å². The molecular formula is C13H20N2O2S. The maximum Gasteiger partial charge on any atom is 0.239 e.